The number of nitrogens with zero attached hydrogens (tertiary/aromatic N) is 1. The van der Waals surface area contributed by atoms with Gasteiger partial charge in [0, 0.05) is 12.1 Å². The van der Waals surface area contributed by atoms with E-state index < -0.39 is 14.8 Å². The van der Waals surface area contributed by atoms with Gasteiger partial charge < -0.3 is 5.11 Å². The number of rotatable bonds is 2. The van der Waals surface area contributed by atoms with Crippen molar-refractivity contribution >= 4 is 40.5 Å². The minimum atomic E-state index is -1.85. The first-order valence-corrected chi connectivity index (χ1v) is 4.95. The van der Waals surface area contributed by atoms with E-state index in [4.69, 9.17) is 34.8 Å². The van der Waals surface area contributed by atoms with E-state index in [2.05, 4.69) is 0 Å². The zero-order valence-corrected chi connectivity index (χ0v) is 9.50. The van der Waals surface area contributed by atoms with E-state index in [0.29, 0.717) is 5.56 Å². The van der Waals surface area contributed by atoms with Crippen molar-refractivity contribution in [3.63, 3.8) is 0 Å². The maximum atomic E-state index is 10.3. The number of halogens is 3. The van der Waals surface area contributed by atoms with E-state index in [1.165, 1.54) is 24.3 Å². The lowest BCUT2D eigenvalue weighted by molar-refractivity contribution is -0.384. The van der Waals surface area contributed by atoms with Crippen molar-refractivity contribution < 1.29 is 10.0 Å². The van der Waals surface area contributed by atoms with Crippen molar-refractivity contribution in [2.24, 2.45) is 0 Å². The highest BCUT2D eigenvalue weighted by atomic mass is 35.6. The Hall–Kier alpha value is -0.550. The molecule has 0 bridgehead atoms. The van der Waals surface area contributed by atoms with Gasteiger partial charge in [-0.2, -0.15) is 0 Å². The maximum Gasteiger partial charge on any atom is 0.269 e. The summed E-state index contributed by atoms with van der Waals surface area (Å²) in [5.41, 5.74) is 0.218. The third-order valence-electron chi connectivity index (χ3n) is 1.73. The van der Waals surface area contributed by atoms with Gasteiger partial charge in [-0.3, -0.25) is 10.1 Å². The standard InChI is InChI=1S/C8H6Cl3NO3/c9-8(10,11)7(13)5-1-3-6(4-2-5)12(14)15/h1-4,7,13H. The largest absolute Gasteiger partial charge is 0.384 e. The van der Waals surface area contributed by atoms with Crippen LogP contribution in [0.15, 0.2) is 24.3 Å². The van der Waals surface area contributed by atoms with Crippen molar-refractivity contribution in [1.29, 1.82) is 0 Å². The van der Waals surface area contributed by atoms with Gasteiger partial charge >= 0.3 is 0 Å². The molecule has 1 aromatic carbocycles. The number of aliphatic hydroxyl groups is 1. The number of nitro groups is 1. The summed E-state index contributed by atoms with van der Waals surface area (Å²) in [5, 5.41) is 19.9. The molecule has 0 heterocycles. The first-order valence-electron chi connectivity index (χ1n) is 3.81. The average molecular weight is 270 g/mol. The molecule has 1 unspecified atom stereocenters. The molecule has 0 aliphatic carbocycles. The number of hydrogen-bond donors (Lipinski definition) is 1. The van der Waals surface area contributed by atoms with Crippen LogP contribution in [0.2, 0.25) is 0 Å². The van der Waals surface area contributed by atoms with Crippen LogP contribution in [0.4, 0.5) is 5.69 Å². The van der Waals surface area contributed by atoms with E-state index >= 15 is 0 Å². The molecule has 0 amide bonds. The highest BCUT2D eigenvalue weighted by Gasteiger charge is 2.32. The van der Waals surface area contributed by atoms with Gasteiger partial charge in [0.15, 0.2) is 0 Å². The van der Waals surface area contributed by atoms with Crippen LogP contribution in [0.3, 0.4) is 0 Å². The van der Waals surface area contributed by atoms with Crippen LogP contribution in [0, 0.1) is 10.1 Å². The molecule has 15 heavy (non-hydrogen) atoms. The number of alkyl halides is 3. The Bertz CT molecular complexity index is 360. The molecule has 1 N–H and O–H groups in total. The van der Waals surface area contributed by atoms with Crippen LogP contribution in [-0.2, 0) is 0 Å². The molecule has 0 radical (unpaired) electrons. The molecule has 0 saturated carbocycles. The van der Waals surface area contributed by atoms with Gasteiger partial charge in [-0.15, -0.1) is 0 Å². The van der Waals surface area contributed by atoms with Crippen LogP contribution in [0.25, 0.3) is 0 Å². The zero-order chi connectivity index (χ0) is 11.6. The first-order chi connectivity index (χ1) is 6.82. The molecule has 4 nitrogen and oxygen atoms in total. The Morgan fingerprint density at radius 1 is 1.27 bits per heavy atom. The van der Waals surface area contributed by atoms with Gasteiger partial charge in [0.05, 0.1) is 4.92 Å². The molecular formula is C8H6Cl3NO3. The normalized spacial score (nSPS) is 13.6. The number of aliphatic hydroxyl groups excluding tert-OH is 1. The Balaban J connectivity index is 2.94. The van der Waals surface area contributed by atoms with Crippen LogP contribution in [0.5, 0.6) is 0 Å². The third kappa shape index (κ3) is 3.21. The van der Waals surface area contributed by atoms with E-state index in [1.54, 1.807) is 0 Å². The molecule has 1 atom stereocenters. The SMILES string of the molecule is O=[N+]([O-])c1ccc(C(O)C(Cl)(Cl)Cl)cc1. The fourth-order valence-electron chi connectivity index (χ4n) is 0.967. The van der Waals surface area contributed by atoms with Crippen LogP contribution in [0.1, 0.15) is 11.7 Å². The lowest BCUT2D eigenvalue weighted by Gasteiger charge is -2.18. The van der Waals surface area contributed by atoms with Crippen molar-refractivity contribution in [2.45, 2.75) is 9.90 Å². The van der Waals surface area contributed by atoms with E-state index in [9.17, 15) is 15.2 Å². The van der Waals surface area contributed by atoms with Gasteiger partial charge in [0.25, 0.3) is 5.69 Å². The molecule has 1 rings (SSSR count). The topological polar surface area (TPSA) is 63.4 Å². The molecule has 82 valence electrons. The predicted octanol–water partition coefficient (Wildman–Crippen LogP) is 3.00. The highest BCUT2D eigenvalue weighted by Crippen LogP contribution is 2.39. The molecule has 1 aromatic rings. The predicted molar refractivity (Wildman–Crippen MR) is 58.3 cm³/mol. The summed E-state index contributed by atoms with van der Waals surface area (Å²) < 4.78 is -1.85. The number of hydrogen-bond acceptors (Lipinski definition) is 3. The van der Waals surface area contributed by atoms with Gasteiger partial charge in [-0.05, 0) is 17.7 Å². The van der Waals surface area contributed by atoms with Crippen molar-refractivity contribution in [3.8, 4) is 0 Å². The number of non-ortho nitro benzene ring substituents is 1. The van der Waals surface area contributed by atoms with Crippen molar-refractivity contribution in [2.75, 3.05) is 0 Å². The van der Waals surface area contributed by atoms with Crippen molar-refractivity contribution in [3.05, 3.63) is 39.9 Å². The minimum Gasteiger partial charge on any atom is -0.384 e. The van der Waals surface area contributed by atoms with Gasteiger partial charge in [0.2, 0.25) is 3.79 Å². The average Bonchev–Trinajstić information content (AvgIpc) is 2.15. The maximum absolute atomic E-state index is 10.3. The van der Waals surface area contributed by atoms with Gasteiger partial charge in [0.1, 0.15) is 6.10 Å². The summed E-state index contributed by atoms with van der Waals surface area (Å²) in [6, 6.07) is 5.14. The quantitative estimate of drug-likeness (QED) is 0.510. The number of benzene rings is 1. The third-order valence-corrected chi connectivity index (χ3v) is 2.35. The second-order valence-corrected chi connectivity index (χ2v) is 5.16. The Kier molecular flexibility index (Phi) is 3.78. The molecule has 0 aliphatic heterocycles. The monoisotopic (exact) mass is 269 g/mol. The molecule has 7 heteroatoms. The summed E-state index contributed by atoms with van der Waals surface area (Å²) in [4.78, 5) is 9.79. The van der Waals surface area contributed by atoms with Crippen LogP contribution >= 0.6 is 34.8 Å². The Labute approximate surface area is 101 Å². The van der Waals surface area contributed by atoms with E-state index in [1.807, 2.05) is 0 Å². The summed E-state index contributed by atoms with van der Waals surface area (Å²) in [5.74, 6) is 0. The summed E-state index contributed by atoms with van der Waals surface area (Å²) in [6.45, 7) is 0. The summed E-state index contributed by atoms with van der Waals surface area (Å²) in [6.07, 6.45) is -1.32. The molecule has 0 saturated heterocycles. The van der Waals surface area contributed by atoms with Gasteiger partial charge in [-0.25, -0.2) is 0 Å². The smallest absolute Gasteiger partial charge is 0.269 e. The van der Waals surface area contributed by atoms with Crippen LogP contribution < -0.4 is 0 Å². The minimum absolute atomic E-state index is 0.0877. The second-order valence-electron chi connectivity index (χ2n) is 2.79. The molecule has 0 fully saturated rings. The molecule has 0 aliphatic rings. The molecular weight excluding hydrogens is 264 g/mol. The van der Waals surface area contributed by atoms with Crippen molar-refractivity contribution in [1.82, 2.24) is 0 Å². The molecule has 0 spiro atoms. The molecule has 0 aromatic heterocycles. The first kappa shape index (κ1) is 12.5. The lowest BCUT2D eigenvalue weighted by Crippen LogP contribution is -2.16. The fraction of sp³-hybridized carbons (Fsp3) is 0.250. The van der Waals surface area contributed by atoms with Gasteiger partial charge in [-0.1, -0.05) is 34.8 Å². The summed E-state index contributed by atoms with van der Waals surface area (Å²) in [7, 11) is 0. The highest BCUT2D eigenvalue weighted by molar-refractivity contribution is 6.68. The Morgan fingerprint density at radius 2 is 1.73 bits per heavy atom. The van der Waals surface area contributed by atoms with E-state index in [-0.39, 0.29) is 5.69 Å². The van der Waals surface area contributed by atoms with E-state index in [0.717, 1.165) is 0 Å². The lowest BCUT2D eigenvalue weighted by atomic mass is 10.1. The second kappa shape index (κ2) is 4.53. The fourth-order valence-corrected chi connectivity index (χ4v) is 1.35. The van der Waals surface area contributed by atoms with Crippen LogP contribution in [-0.4, -0.2) is 13.8 Å². The Morgan fingerprint density at radius 3 is 2.07 bits per heavy atom. The summed E-state index contributed by atoms with van der Waals surface area (Å²) >= 11 is 16.4. The number of nitro benzene ring substituents is 1. The zero-order valence-electron chi connectivity index (χ0n) is 7.23.